The van der Waals surface area contributed by atoms with E-state index in [2.05, 4.69) is 43.0 Å². The van der Waals surface area contributed by atoms with Crippen LogP contribution in [0.2, 0.25) is 5.02 Å². The molecule has 2 atom stereocenters. The van der Waals surface area contributed by atoms with Gasteiger partial charge in [-0.3, -0.25) is 14.4 Å². The molecular formula is C17H28ClF3N4O. The zero-order chi connectivity index (χ0) is 20.4. The molecule has 5 nitrogen and oxygen atoms in total. The highest BCUT2D eigenvalue weighted by molar-refractivity contribution is 6.32. The van der Waals surface area contributed by atoms with Gasteiger partial charge in [0.15, 0.2) is 5.69 Å². The molecule has 1 aromatic heterocycles. The minimum Gasteiger partial charge on any atom is -0.351 e. The molecule has 0 saturated heterocycles. The van der Waals surface area contributed by atoms with Crippen molar-refractivity contribution in [3.63, 3.8) is 0 Å². The molecule has 0 aliphatic rings. The molecule has 0 unspecified atom stereocenters. The fraction of sp³-hybridized carbons (Fsp3) is 0.765. The molecule has 1 aromatic rings. The molecule has 1 N–H and O–H groups in total. The lowest BCUT2D eigenvalue weighted by Gasteiger charge is -2.33. The number of amides is 1. The van der Waals surface area contributed by atoms with E-state index in [-0.39, 0.29) is 11.7 Å². The Labute approximate surface area is 157 Å². The number of carbonyl (C=O) groups excluding carboxylic acids is 1. The van der Waals surface area contributed by atoms with Crippen molar-refractivity contribution in [1.29, 1.82) is 0 Å². The molecule has 0 fully saturated rings. The van der Waals surface area contributed by atoms with Crippen LogP contribution in [0, 0.1) is 6.92 Å². The maximum atomic E-state index is 12.9. The summed E-state index contributed by atoms with van der Waals surface area (Å²) in [6.07, 6.45) is -4.66. The number of nitrogens with one attached hydrogen (secondary N) is 1. The quantitative estimate of drug-likeness (QED) is 0.756. The number of hydrogen-bond acceptors (Lipinski definition) is 3. The Balaban J connectivity index is 2.88. The van der Waals surface area contributed by atoms with Gasteiger partial charge in [0.25, 0.3) is 0 Å². The van der Waals surface area contributed by atoms with E-state index < -0.39 is 28.8 Å². The molecule has 0 bridgehead atoms. The third kappa shape index (κ3) is 5.36. The first-order valence-corrected chi connectivity index (χ1v) is 9.03. The lowest BCUT2D eigenvalue weighted by Crippen LogP contribution is -2.48. The van der Waals surface area contributed by atoms with E-state index in [0.717, 1.165) is 4.68 Å². The van der Waals surface area contributed by atoms with Crippen molar-refractivity contribution in [2.24, 2.45) is 0 Å². The van der Waals surface area contributed by atoms with E-state index in [4.69, 9.17) is 11.6 Å². The molecule has 0 saturated carbocycles. The number of halogens is 4. The van der Waals surface area contributed by atoms with Crippen LogP contribution < -0.4 is 5.32 Å². The Morgan fingerprint density at radius 2 is 1.69 bits per heavy atom. The minimum absolute atomic E-state index is 0.111. The number of hydrogen-bond donors (Lipinski definition) is 1. The summed E-state index contributed by atoms with van der Waals surface area (Å²) in [4.78, 5) is 14.7. The van der Waals surface area contributed by atoms with Crippen LogP contribution in [0.25, 0.3) is 0 Å². The molecule has 0 aromatic carbocycles. The molecular weight excluding hydrogens is 369 g/mol. The highest BCUT2D eigenvalue weighted by atomic mass is 35.5. The smallest absolute Gasteiger partial charge is 0.351 e. The van der Waals surface area contributed by atoms with Gasteiger partial charge >= 0.3 is 6.18 Å². The molecule has 1 heterocycles. The molecule has 9 heteroatoms. The summed E-state index contributed by atoms with van der Waals surface area (Å²) in [5, 5.41) is 5.89. The number of alkyl halides is 3. The zero-order valence-corrected chi connectivity index (χ0v) is 17.0. The highest BCUT2D eigenvalue weighted by Crippen LogP contribution is 2.36. The third-order valence-corrected chi connectivity index (χ3v) is 4.74. The summed E-state index contributed by atoms with van der Waals surface area (Å²) < 4.78 is 39.9. The third-order valence-electron chi connectivity index (χ3n) is 4.29. The van der Waals surface area contributed by atoms with Crippen molar-refractivity contribution in [1.82, 2.24) is 20.0 Å². The van der Waals surface area contributed by atoms with Crippen LogP contribution in [0.3, 0.4) is 0 Å². The van der Waals surface area contributed by atoms with E-state index in [1.807, 2.05) is 6.92 Å². The topological polar surface area (TPSA) is 50.2 Å². The normalized spacial score (nSPS) is 15.0. The van der Waals surface area contributed by atoms with Crippen LogP contribution >= 0.6 is 11.6 Å². The average Bonchev–Trinajstić information content (AvgIpc) is 2.79. The standard InChI is InChI=1S/C17H28ClF3N4O/c1-9(2)24(10(3)4)8-11(5)22-16(26)13(7)25-12(6)14(18)15(23-25)17(19,20)21/h9-11,13H,8H2,1-7H3,(H,22,26)/t11-,13-/m1/s1. The molecule has 0 spiro atoms. The van der Waals surface area contributed by atoms with Crippen molar-refractivity contribution in [2.75, 3.05) is 6.54 Å². The van der Waals surface area contributed by atoms with Crippen LogP contribution in [0.1, 0.15) is 59.0 Å². The van der Waals surface area contributed by atoms with Gasteiger partial charge in [-0.25, -0.2) is 0 Å². The lowest BCUT2D eigenvalue weighted by atomic mass is 10.2. The summed E-state index contributed by atoms with van der Waals surface area (Å²) in [6.45, 7) is 13.7. The number of carbonyl (C=O) groups is 1. The fourth-order valence-corrected chi connectivity index (χ4v) is 3.14. The van der Waals surface area contributed by atoms with Gasteiger partial charge in [0, 0.05) is 24.7 Å². The summed E-state index contributed by atoms with van der Waals surface area (Å²) in [6, 6.07) is -0.442. The molecule has 1 amide bonds. The summed E-state index contributed by atoms with van der Waals surface area (Å²) in [5.74, 6) is -0.402. The Hall–Kier alpha value is -1.28. The van der Waals surface area contributed by atoms with Crippen molar-refractivity contribution in [3.05, 3.63) is 16.4 Å². The Morgan fingerprint density at radius 1 is 1.19 bits per heavy atom. The van der Waals surface area contributed by atoms with E-state index in [1.54, 1.807) is 0 Å². The highest BCUT2D eigenvalue weighted by Gasteiger charge is 2.39. The number of rotatable bonds is 7. The first kappa shape index (κ1) is 22.8. The van der Waals surface area contributed by atoms with Gasteiger partial charge in [0.05, 0.1) is 10.7 Å². The average molecular weight is 397 g/mol. The monoisotopic (exact) mass is 396 g/mol. The van der Waals surface area contributed by atoms with Crippen molar-refractivity contribution >= 4 is 17.5 Å². The summed E-state index contributed by atoms with van der Waals surface area (Å²) in [7, 11) is 0. The van der Waals surface area contributed by atoms with E-state index in [1.165, 1.54) is 13.8 Å². The maximum Gasteiger partial charge on any atom is 0.436 e. The first-order chi connectivity index (χ1) is 11.8. The largest absolute Gasteiger partial charge is 0.436 e. The van der Waals surface area contributed by atoms with Gasteiger partial charge in [-0.05, 0) is 48.5 Å². The molecule has 0 aliphatic carbocycles. The maximum absolute atomic E-state index is 12.9. The lowest BCUT2D eigenvalue weighted by molar-refractivity contribution is -0.141. The van der Waals surface area contributed by atoms with E-state index >= 15 is 0 Å². The Morgan fingerprint density at radius 3 is 2.08 bits per heavy atom. The van der Waals surface area contributed by atoms with Gasteiger partial charge in [-0.15, -0.1) is 0 Å². The van der Waals surface area contributed by atoms with E-state index in [0.29, 0.717) is 18.6 Å². The zero-order valence-electron chi connectivity index (χ0n) is 16.3. The SMILES string of the molecule is Cc1c(Cl)c(C(F)(F)F)nn1[C@H](C)C(=O)N[C@H](C)CN(C(C)C)C(C)C. The second-order valence-electron chi connectivity index (χ2n) is 7.16. The van der Waals surface area contributed by atoms with Gasteiger partial charge < -0.3 is 5.32 Å². The molecule has 0 aliphatic heterocycles. The van der Waals surface area contributed by atoms with Gasteiger partial charge in [0.2, 0.25) is 5.91 Å². The van der Waals surface area contributed by atoms with Gasteiger partial charge in [-0.2, -0.15) is 18.3 Å². The van der Waals surface area contributed by atoms with Crippen LogP contribution in [0.4, 0.5) is 13.2 Å². The van der Waals surface area contributed by atoms with Crippen LogP contribution in [-0.4, -0.2) is 45.3 Å². The van der Waals surface area contributed by atoms with Crippen molar-refractivity contribution in [3.8, 4) is 0 Å². The van der Waals surface area contributed by atoms with Crippen LogP contribution in [0.15, 0.2) is 0 Å². The first-order valence-electron chi connectivity index (χ1n) is 8.65. The minimum atomic E-state index is -4.66. The predicted molar refractivity (Wildman–Crippen MR) is 96.3 cm³/mol. The van der Waals surface area contributed by atoms with Crippen LogP contribution in [0.5, 0.6) is 0 Å². The fourth-order valence-electron chi connectivity index (χ4n) is 2.91. The Bertz CT molecular complexity index is 620. The molecule has 1 rings (SSSR count). The van der Waals surface area contributed by atoms with E-state index in [9.17, 15) is 18.0 Å². The summed E-state index contributed by atoms with van der Waals surface area (Å²) in [5.41, 5.74) is -1.06. The molecule has 26 heavy (non-hydrogen) atoms. The number of aromatic nitrogens is 2. The second kappa shape index (κ2) is 8.61. The summed E-state index contributed by atoms with van der Waals surface area (Å²) >= 11 is 5.75. The second-order valence-corrected chi connectivity index (χ2v) is 7.54. The molecule has 0 radical (unpaired) electrons. The number of nitrogens with zero attached hydrogens (tertiary/aromatic N) is 3. The predicted octanol–water partition coefficient (Wildman–Crippen LogP) is 4.05. The van der Waals surface area contributed by atoms with Crippen molar-refractivity contribution in [2.45, 2.75) is 78.8 Å². The molecule has 150 valence electrons. The van der Waals surface area contributed by atoms with Crippen molar-refractivity contribution < 1.29 is 18.0 Å². The van der Waals surface area contributed by atoms with Gasteiger partial charge in [0.1, 0.15) is 6.04 Å². The van der Waals surface area contributed by atoms with Gasteiger partial charge in [-0.1, -0.05) is 11.6 Å². The Kier molecular flexibility index (Phi) is 7.53. The van der Waals surface area contributed by atoms with Crippen LogP contribution in [-0.2, 0) is 11.0 Å².